The van der Waals surface area contributed by atoms with Gasteiger partial charge < -0.3 is 21.3 Å². The molecule has 0 aliphatic rings. The quantitative estimate of drug-likeness (QED) is 0.219. The summed E-state index contributed by atoms with van der Waals surface area (Å²) in [6.45, 7) is 0. The number of carbonyl (C=O) groups excluding carboxylic acids is 1. The third kappa shape index (κ3) is 7.15. The summed E-state index contributed by atoms with van der Waals surface area (Å²) >= 11 is 1.42. The molecule has 3 aromatic carbocycles. The average Bonchev–Trinajstić information content (AvgIpc) is 3.37. The van der Waals surface area contributed by atoms with Crippen LogP contribution >= 0.6 is 11.8 Å². The van der Waals surface area contributed by atoms with Crippen molar-refractivity contribution >= 4 is 23.6 Å². The number of hydrogen-bond acceptors (Lipinski definition) is 8. The van der Waals surface area contributed by atoms with Crippen molar-refractivity contribution in [2.45, 2.75) is 35.8 Å². The second-order valence-corrected chi connectivity index (χ2v) is 9.34. The van der Waals surface area contributed by atoms with Crippen LogP contribution in [0.2, 0.25) is 0 Å². The number of amides is 1. The molecule has 2 atom stereocenters. The van der Waals surface area contributed by atoms with E-state index in [0.29, 0.717) is 23.0 Å². The number of nitrogens with two attached hydrogens (primary N) is 1. The number of carbonyl (C=O) groups is 2. The summed E-state index contributed by atoms with van der Waals surface area (Å²) in [6, 6.07) is 21.4. The SMILES string of the molecule is N[C@@H](Cc1ccccc1)C(=O)NC(Cc1cccc(CSc2nnnn2-c2ccc(O)cc2)c1)C(=O)O. The predicted octanol–water partition coefficient (Wildman–Crippen LogP) is 2.34. The Bertz CT molecular complexity index is 1350. The van der Waals surface area contributed by atoms with Crippen LogP contribution in [0.3, 0.4) is 0 Å². The number of benzene rings is 3. The summed E-state index contributed by atoms with van der Waals surface area (Å²) in [5.74, 6) is -0.952. The van der Waals surface area contributed by atoms with Gasteiger partial charge in [-0.25, -0.2) is 4.79 Å². The van der Waals surface area contributed by atoms with Crippen molar-refractivity contribution in [3.05, 3.63) is 95.6 Å². The fourth-order valence-electron chi connectivity index (χ4n) is 3.69. The van der Waals surface area contributed by atoms with Gasteiger partial charge in [-0.15, -0.1) is 5.10 Å². The molecule has 1 amide bonds. The lowest BCUT2D eigenvalue weighted by molar-refractivity contribution is -0.141. The second kappa shape index (κ2) is 12.2. The minimum absolute atomic E-state index is 0.114. The monoisotopic (exact) mass is 518 g/mol. The summed E-state index contributed by atoms with van der Waals surface area (Å²) in [5.41, 5.74) is 9.35. The van der Waals surface area contributed by atoms with Crippen molar-refractivity contribution in [3.63, 3.8) is 0 Å². The maximum absolute atomic E-state index is 12.6. The topological polar surface area (TPSA) is 156 Å². The predicted molar refractivity (Wildman–Crippen MR) is 138 cm³/mol. The fourth-order valence-corrected chi connectivity index (χ4v) is 4.53. The molecule has 0 saturated heterocycles. The number of aromatic nitrogens is 4. The highest BCUT2D eigenvalue weighted by Gasteiger charge is 2.24. The summed E-state index contributed by atoms with van der Waals surface area (Å²) in [6.07, 6.45) is 0.429. The number of tetrazole rings is 1. The zero-order chi connectivity index (χ0) is 26.2. The second-order valence-electron chi connectivity index (χ2n) is 8.40. The first kappa shape index (κ1) is 25.9. The zero-order valence-corrected chi connectivity index (χ0v) is 20.6. The molecule has 0 fully saturated rings. The normalized spacial score (nSPS) is 12.6. The Kier molecular flexibility index (Phi) is 8.49. The molecule has 0 saturated carbocycles. The molecule has 0 aliphatic carbocycles. The van der Waals surface area contributed by atoms with Crippen molar-refractivity contribution in [1.29, 1.82) is 0 Å². The molecule has 1 heterocycles. The first-order valence-electron chi connectivity index (χ1n) is 11.5. The van der Waals surface area contributed by atoms with Gasteiger partial charge in [-0.1, -0.05) is 66.4 Å². The van der Waals surface area contributed by atoms with Crippen LogP contribution in [-0.4, -0.2) is 54.4 Å². The molecule has 5 N–H and O–H groups in total. The molecule has 1 unspecified atom stereocenters. The summed E-state index contributed by atoms with van der Waals surface area (Å²) < 4.78 is 1.57. The molecular weight excluding hydrogens is 492 g/mol. The number of nitrogens with one attached hydrogen (secondary N) is 1. The minimum atomic E-state index is -1.13. The van der Waals surface area contributed by atoms with E-state index in [1.54, 1.807) is 28.9 Å². The van der Waals surface area contributed by atoms with Gasteiger partial charge in [0.05, 0.1) is 11.7 Å². The van der Waals surface area contributed by atoms with Crippen molar-refractivity contribution in [3.8, 4) is 11.4 Å². The van der Waals surface area contributed by atoms with E-state index in [9.17, 15) is 19.8 Å². The molecule has 4 aromatic rings. The third-order valence-electron chi connectivity index (χ3n) is 5.58. The van der Waals surface area contributed by atoms with Crippen molar-refractivity contribution in [1.82, 2.24) is 25.5 Å². The van der Waals surface area contributed by atoms with E-state index in [0.717, 1.165) is 16.7 Å². The van der Waals surface area contributed by atoms with Crippen LogP contribution in [0.15, 0.2) is 84.0 Å². The lowest BCUT2D eigenvalue weighted by Gasteiger charge is -2.18. The van der Waals surface area contributed by atoms with Crippen LogP contribution < -0.4 is 11.1 Å². The molecule has 37 heavy (non-hydrogen) atoms. The van der Waals surface area contributed by atoms with Gasteiger partial charge in [-0.3, -0.25) is 4.79 Å². The van der Waals surface area contributed by atoms with E-state index in [-0.39, 0.29) is 12.2 Å². The molecule has 10 nitrogen and oxygen atoms in total. The van der Waals surface area contributed by atoms with Gasteiger partial charge in [0.2, 0.25) is 11.1 Å². The highest BCUT2D eigenvalue weighted by Crippen LogP contribution is 2.24. The summed E-state index contributed by atoms with van der Waals surface area (Å²) in [4.78, 5) is 24.5. The van der Waals surface area contributed by atoms with Crippen LogP contribution in [0.25, 0.3) is 5.69 Å². The van der Waals surface area contributed by atoms with Gasteiger partial charge >= 0.3 is 5.97 Å². The number of carboxylic acid groups (broad SMARTS) is 1. The Labute approximate surface area is 217 Å². The lowest BCUT2D eigenvalue weighted by atomic mass is 10.0. The number of nitrogens with zero attached hydrogens (tertiary/aromatic N) is 4. The fraction of sp³-hybridized carbons (Fsp3) is 0.192. The average molecular weight is 519 g/mol. The van der Waals surface area contributed by atoms with Gasteiger partial charge in [0.15, 0.2) is 0 Å². The van der Waals surface area contributed by atoms with Crippen molar-refractivity contribution in [2.75, 3.05) is 0 Å². The molecule has 0 aliphatic heterocycles. The van der Waals surface area contributed by atoms with Gasteiger partial charge in [0.25, 0.3) is 0 Å². The van der Waals surface area contributed by atoms with E-state index in [1.807, 2.05) is 54.6 Å². The number of aromatic hydroxyl groups is 1. The van der Waals surface area contributed by atoms with E-state index in [4.69, 9.17) is 5.73 Å². The third-order valence-corrected chi connectivity index (χ3v) is 6.57. The first-order valence-corrected chi connectivity index (χ1v) is 12.5. The maximum Gasteiger partial charge on any atom is 0.326 e. The van der Waals surface area contributed by atoms with Crippen LogP contribution in [0, 0.1) is 0 Å². The zero-order valence-electron chi connectivity index (χ0n) is 19.8. The van der Waals surface area contributed by atoms with Crippen molar-refractivity contribution < 1.29 is 19.8 Å². The molecule has 0 radical (unpaired) electrons. The Morgan fingerprint density at radius 1 is 0.946 bits per heavy atom. The Balaban J connectivity index is 1.37. The largest absolute Gasteiger partial charge is 0.508 e. The summed E-state index contributed by atoms with van der Waals surface area (Å²) in [7, 11) is 0. The van der Waals surface area contributed by atoms with E-state index in [1.165, 1.54) is 11.8 Å². The Hall–Kier alpha value is -4.22. The van der Waals surface area contributed by atoms with Crippen molar-refractivity contribution in [2.24, 2.45) is 5.73 Å². The van der Waals surface area contributed by atoms with Gasteiger partial charge in [0, 0.05) is 12.2 Å². The Morgan fingerprint density at radius 3 is 2.38 bits per heavy atom. The molecular formula is C26H26N6O4S. The van der Waals surface area contributed by atoms with E-state index >= 15 is 0 Å². The molecule has 190 valence electrons. The number of rotatable bonds is 11. The number of thioether (sulfide) groups is 1. The number of phenolic OH excluding ortho intramolecular Hbond substituents is 1. The highest BCUT2D eigenvalue weighted by molar-refractivity contribution is 7.98. The maximum atomic E-state index is 12.6. The van der Waals surface area contributed by atoms with Crippen LogP contribution in [0.4, 0.5) is 0 Å². The standard InChI is InChI=1S/C26H26N6O4S/c27-22(14-17-5-2-1-3-6-17)24(34)28-23(25(35)36)15-18-7-4-8-19(13-18)16-37-26-29-30-31-32(26)20-9-11-21(33)12-10-20/h1-13,22-23,33H,14-16,27H2,(H,28,34)(H,35,36)/t22-,23?/m0/s1. The minimum Gasteiger partial charge on any atom is -0.508 e. The Morgan fingerprint density at radius 2 is 1.65 bits per heavy atom. The smallest absolute Gasteiger partial charge is 0.326 e. The van der Waals surface area contributed by atoms with Crippen LogP contribution in [0.1, 0.15) is 16.7 Å². The highest BCUT2D eigenvalue weighted by atomic mass is 32.2. The van der Waals surface area contributed by atoms with Crippen LogP contribution in [-0.2, 0) is 28.2 Å². The molecule has 4 rings (SSSR count). The molecule has 11 heteroatoms. The van der Waals surface area contributed by atoms with Gasteiger partial charge in [-0.2, -0.15) is 4.68 Å². The van der Waals surface area contributed by atoms with E-state index in [2.05, 4.69) is 20.8 Å². The summed E-state index contributed by atoms with van der Waals surface area (Å²) in [5, 5.41) is 34.2. The van der Waals surface area contributed by atoms with Crippen LogP contribution in [0.5, 0.6) is 5.75 Å². The lowest BCUT2D eigenvalue weighted by Crippen LogP contribution is -2.50. The number of hydrogen-bond donors (Lipinski definition) is 4. The number of carboxylic acids is 1. The molecule has 0 bridgehead atoms. The molecule has 1 aromatic heterocycles. The number of aliphatic carboxylic acids is 1. The van der Waals surface area contributed by atoms with Gasteiger partial charge in [0.1, 0.15) is 11.8 Å². The number of phenols is 1. The van der Waals surface area contributed by atoms with E-state index < -0.39 is 24.0 Å². The first-order chi connectivity index (χ1) is 17.9. The van der Waals surface area contributed by atoms with Gasteiger partial charge in [-0.05, 0) is 57.8 Å². The molecule has 0 spiro atoms.